The fourth-order valence-corrected chi connectivity index (χ4v) is 10.1. The number of aromatic nitrogens is 3. The quantitative estimate of drug-likeness (QED) is 0.155. The van der Waals surface area contributed by atoms with E-state index in [2.05, 4.69) is 48.9 Å². The molecule has 61 heavy (non-hydrogen) atoms. The first-order chi connectivity index (χ1) is 29.5. The molecule has 0 unspecified atom stereocenters. The highest BCUT2D eigenvalue weighted by molar-refractivity contribution is 6.09. The number of amides is 4. The Morgan fingerprint density at radius 2 is 1.67 bits per heavy atom. The number of phenols is 1. The number of carbonyl (C=O) groups is 3. The average Bonchev–Trinajstić information content (AvgIpc) is 3.60. The lowest BCUT2D eigenvalue weighted by Crippen LogP contribution is -2.49. The number of rotatable bonds is 8. The number of piperidine rings is 2. The van der Waals surface area contributed by atoms with Gasteiger partial charge < -0.3 is 34.8 Å². The Labute approximate surface area is 356 Å². The number of ether oxygens (including phenoxy) is 1. The average molecular weight is 826 g/mol. The van der Waals surface area contributed by atoms with Crippen LogP contribution in [0.15, 0.2) is 72.8 Å². The number of aryl methyl sites for hydroxylation is 2. The number of benzene rings is 3. The number of aromatic hydroxyl groups is 1. The van der Waals surface area contributed by atoms with E-state index in [4.69, 9.17) is 10.5 Å². The van der Waals surface area contributed by atoms with Crippen LogP contribution in [0.5, 0.6) is 5.75 Å². The number of hydrogen-bond acceptors (Lipinski definition) is 10. The molecule has 14 nitrogen and oxygen atoms in total. The number of nitrogens with zero attached hydrogens (tertiary/aromatic N) is 7. The molecule has 0 bridgehead atoms. The zero-order chi connectivity index (χ0) is 42.4. The first-order valence-corrected chi connectivity index (χ1v) is 21.7. The predicted octanol–water partition coefficient (Wildman–Crippen LogP) is 6.60. The lowest BCUT2D eigenvalue weighted by Gasteiger charge is -2.39. The second-order valence-electron chi connectivity index (χ2n) is 17.3. The lowest BCUT2D eigenvalue weighted by molar-refractivity contribution is -0.120. The lowest BCUT2D eigenvalue weighted by atomic mass is 9.93. The highest BCUT2D eigenvalue weighted by Gasteiger charge is 2.32. The van der Waals surface area contributed by atoms with E-state index in [0.717, 1.165) is 91.8 Å². The number of imide groups is 1. The number of morpholine rings is 1. The van der Waals surface area contributed by atoms with Crippen molar-refractivity contribution in [3.8, 4) is 17.0 Å². The fourth-order valence-electron chi connectivity index (χ4n) is 10.1. The smallest absolute Gasteiger partial charge is 0.328 e. The van der Waals surface area contributed by atoms with Crippen LogP contribution in [0.4, 0.5) is 22.0 Å². The molecule has 0 spiro atoms. The predicted molar refractivity (Wildman–Crippen MR) is 236 cm³/mol. The maximum Gasteiger partial charge on any atom is 0.328 e. The first-order valence-electron chi connectivity index (χ1n) is 21.7. The van der Waals surface area contributed by atoms with Crippen LogP contribution in [-0.2, 0) is 9.53 Å². The molecule has 4 fully saturated rings. The van der Waals surface area contributed by atoms with E-state index in [-0.39, 0.29) is 35.8 Å². The van der Waals surface area contributed by atoms with E-state index >= 15 is 0 Å². The second kappa shape index (κ2) is 16.8. The summed E-state index contributed by atoms with van der Waals surface area (Å²) in [5, 5.41) is 22.4. The number of anilines is 3. The van der Waals surface area contributed by atoms with Crippen molar-refractivity contribution in [3.05, 3.63) is 95.2 Å². The summed E-state index contributed by atoms with van der Waals surface area (Å²) in [7, 11) is 0. The number of fused-ring (bicyclic) bond motifs is 1. The highest BCUT2D eigenvalue weighted by atomic mass is 16.5. The van der Waals surface area contributed by atoms with Crippen LogP contribution in [0.2, 0.25) is 0 Å². The van der Waals surface area contributed by atoms with Crippen LogP contribution < -0.4 is 20.9 Å². The number of nitrogen functional groups attached to an aromatic ring is 1. The molecular formula is C47H55N9O5. The van der Waals surface area contributed by atoms with Gasteiger partial charge in [-0.3, -0.25) is 19.8 Å². The minimum Gasteiger partial charge on any atom is -0.507 e. The number of hydrogen-bond donors (Lipinski definition) is 3. The van der Waals surface area contributed by atoms with Crippen LogP contribution >= 0.6 is 0 Å². The summed E-state index contributed by atoms with van der Waals surface area (Å²) in [6.07, 6.45) is 4.07. The summed E-state index contributed by atoms with van der Waals surface area (Å²) in [6.45, 7) is 12.4. The maximum atomic E-state index is 13.8. The highest BCUT2D eigenvalue weighted by Crippen LogP contribution is 2.38. The van der Waals surface area contributed by atoms with E-state index in [9.17, 15) is 19.5 Å². The molecule has 3 aromatic carbocycles. The van der Waals surface area contributed by atoms with Gasteiger partial charge in [-0.15, -0.1) is 10.2 Å². The number of para-hydroxylation sites is 1. The molecular weight excluding hydrogens is 771 g/mol. The summed E-state index contributed by atoms with van der Waals surface area (Å²) in [5.41, 5.74) is 14.2. The van der Waals surface area contributed by atoms with Gasteiger partial charge in [0, 0.05) is 87.0 Å². The third-order valence-corrected chi connectivity index (χ3v) is 13.2. The Kier molecular flexibility index (Phi) is 11.1. The van der Waals surface area contributed by atoms with Gasteiger partial charge in [-0.2, -0.15) is 0 Å². The molecule has 9 rings (SSSR count). The van der Waals surface area contributed by atoms with Gasteiger partial charge in [0.2, 0.25) is 5.91 Å². The summed E-state index contributed by atoms with van der Waals surface area (Å²) >= 11 is 0. The fraction of sp³-hybridized carbons (Fsp3) is 0.426. The Morgan fingerprint density at radius 1 is 0.885 bits per heavy atom. The van der Waals surface area contributed by atoms with Gasteiger partial charge in [0.1, 0.15) is 11.9 Å². The number of nitrogens with one attached hydrogen (secondary N) is 1. The molecule has 4 amide bonds. The zero-order valence-corrected chi connectivity index (χ0v) is 35.2. The molecule has 4 aliphatic rings. The number of nitrogens with two attached hydrogens (primary N) is 1. The molecule has 5 aromatic rings. The minimum absolute atomic E-state index is 0.0766. The van der Waals surface area contributed by atoms with Crippen LogP contribution in [-0.4, -0.2) is 106 Å². The van der Waals surface area contributed by atoms with Crippen LogP contribution in [0.3, 0.4) is 0 Å². The van der Waals surface area contributed by atoms with Crippen molar-refractivity contribution in [2.24, 2.45) is 5.92 Å². The molecule has 14 heteroatoms. The number of carbonyl (C=O) groups excluding carboxylic acids is 3. The van der Waals surface area contributed by atoms with Gasteiger partial charge >= 0.3 is 6.03 Å². The minimum atomic E-state index is -0.357. The van der Waals surface area contributed by atoms with E-state index < -0.39 is 0 Å². The van der Waals surface area contributed by atoms with Crippen LogP contribution in [0.25, 0.3) is 22.2 Å². The van der Waals surface area contributed by atoms with Crippen molar-refractivity contribution >= 4 is 45.9 Å². The molecule has 0 aliphatic carbocycles. The van der Waals surface area contributed by atoms with Crippen LogP contribution in [0, 0.1) is 19.8 Å². The number of phenolic OH excluding ortho intramolecular Hbond substituents is 1. The summed E-state index contributed by atoms with van der Waals surface area (Å²) in [5.74, 6) is 0.850. The normalized spacial score (nSPS) is 21.0. The van der Waals surface area contributed by atoms with Crippen molar-refractivity contribution in [3.63, 3.8) is 0 Å². The van der Waals surface area contributed by atoms with Crippen LogP contribution in [0.1, 0.15) is 78.4 Å². The van der Waals surface area contributed by atoms with Crippen molar-refractivity contribution < 1.29 is 24.2 Å². The molecule has 2 aromatic heterocycles. The second-order valence-corrected chi connectivity index (χ2v) is 17.3. The van der Waals surface area contributed by atoms with E-state index in [0.29, 0.717) is 60.7 Å². The van der Waals surface area contributed by atoms with Gasteiger partial charge in [-0.1, -0.05) is 24.3 Å². The van der Waals surface area contributed by atoms with Crippen molar-refractivity contribution in [2.45, 2.75) is 71.1 Å². The van der Waals surface area contributed by atoms with E-state index in [1.807, 2.05) is 61.2 Å². The third kappa shape index (κ3) is 8.14. The number of likely N-dealkylation sites (tertiary alicyclic amines) is 2. The van der Waals surface area contributed by atoms with E-state index in [1.54, 1.807) is 23.1 Å². The maximum absolute atomic E-state index is 13.8. The summed E-state index contributed by atoms with van der Waals surface area (Å²) < 4.78 is 8.92. The first kappa shape index (κ1) is 40.4. The molecule has 4 N–H and O–H groups in total. The summed E-state index contributed by atoms with van der Waals surface area (Å²) in [4.78, 5) is 46.8. The Hall–Kier alpha value is -5.99. The molecule has 0 saturated carbocycles. The van der Waals surface area contributed by atoms with Crippen molar-refractivity contribution in [1.29, 1.82) is 0 Å². The van der Waals surface area contributed by atoms with Crippen molar-refractivity contribution in [2.75, 3.05) is 67.9 Å². The molecule has 4 saturated heterocycles. The molecule has 2 atom stereocenters. The SMILES string of the molecule is Cc1cc(C(=O)N2CCC(CN3CCC(n4c(C)cc5c(N6CCC(=O)NC6=O)cccc54)CC3)CC2)ccc1[C@@H]1CN(c2cc(-c3ccccc3O)nnc2N)C[C@H](C)O1. The zero-order valence-electron chi connectivity index (χ0n) is 35.2. The van der Waals surface area contributed by atoms with Gasteiger partial charge in [-0.25, -0.2) is 4.79 Å². The number of urea groups is 1. The molecule has 0 radical (unpaired) electrons. The third-order valence-electron chi connectivity index (χ3n) is 13.2. The van der Waals surface area contributed by atoms with Crippen molar-refractivity contribution in [1.82, 2.24) is 29.9 Å². The largest absolute Gasteiger partial charge is 0.507 e. The van der Waals surface area contributed by atoms with Gasteiger partial charge in [-0.05, 0) is 112 Å². The Balaban J connectivity index is 0.785. The van der Waals surface area contributed by atoms with Gasteiger partial charge in [0.05, 0.1) is 28.7 Å². The molecule has 318 valence electrons. The van der Waals surface area contributed by atoms with E-state index in [1.165, 1.54) is 5.69 Å². The topological polar surface area (TPSA) is 162 Å². The molecule has 6 heterocycles. The van der Waals surface area contributed by atoms with Gasteiger partial charge in [0.15, 0.2) is 5.82 Å². The monoisotopic (exact) mass is 825 g/mol. The van der Waals surface area contributed by atoms with Gasteiger partial charge in [0.25, 0.3) is 5.91 Å². The Bertz CT molecular complexity index is 2470. The molecule has 4 aliphatic heterocycles. The Morgan fingerprint density at radius 3 is 2.43 bits per heavy atom. The summed E-state index contributed by atoms with van der Waals surface area (Å²) in [6, 6.07) is 23.2. The standard InChI is InChI=1S/C47H55N9O5/c1-29-23-33(11-12-35(29)43-28-54(26-31(3)61-43)41-25-38(50-51-45(41)48)36-7-4-5-10-42(36)57)46(59)53-20-13-32(14-21-53)27-52-18-15-34(16-19-52)56-30(2)24-37-39(8-6-9-40(37)56)55-22-17-44(58)49-47(55)60/h4-12,23-25,31-32,34,43,57H,13-22,26-28H2,1-3H3,(H2,48,51)(H,49,58,60)/t31-,43-/m0/s1.